The number of benzene rings is 2. The normalized spacial score (nSPS) is 22.3. The maximum Gasteiger partial charge on any atom is 0.263 e. The number of fused-ring (bicyclic) bond motifs is 2. The highest BCUT2D eigenvalue weighted by Crippen LogP contribution is 2.33. The Kier molecular flexibility index (Phi) is 5.02. The molecule has 1 amide bonds. The number of thiazole rings is 1. The quantitative estimate of drug-likeness (QED) is 0.658. The van der Waals surface area contributed by atoms with Gasteiger partial charge in [0.05, 0.1) is 20.1 Å². The number of rotatable bonds is 3. The van der Waals surface area contributed by atoms with Gasteiger partial charge in [-0.3, -0.25) is 14.5 Å². The molecule has 2 atom stereocenters. The maximum absolute atomic E-state index is 13.1. The maximum atomic E-state index is 13.1. The molecule has 0 aliphatic carbocycles. The zero-order chi connectivity index (χ0) is 21.6. The van der Waals surface area contributed by atoms with Crippen molar-refractivity contribution in [3.63, 3.8) is 0 Å². The summed E-state index contributed by atoms with van der Waals surface area (Å²) in [4.78, 5) is 24.4. The van der Waals surface area contributed by atoms with Gasteiger partial charge in [-0.15, -0.1) is 11.3 Å². The number of hydrogen-bond acceptors (Lipinski definition) is 6. The molecule has 9 heteroatoms. The number of para-hydroxylation sites is 1. The van der Waals surface area contributed by atoms with Crippen molar-refractivity contribution in [2.24, 2.45) is 4.99 Å². The zero-order valence-corrected chi connectivity index (χ0v) is 18.6. The smallest absolute Gasteiger partial charge is 0.263 e. The first-order valence-electron chi connectivity index (χ1n) is 10.3. The fourth-order valence-electron chi connectivity index (χ4n) is 4.19. The molecule has 7 nitrogen and oxygen atoms in total. The van der Waals surface area contributed by atoms with Crippen LogP contribution >= 0.6 is 11.3 Å². The molecule has 0 radical (unpaired) electrons. The summed E-state index contributed by atoms with van der Waals surface area (Å²) in [5.41, 5.74) is 1.51. The van der Waals surface area contributed by atoms with E-state index in [2.05, 4.69) is 15.8 Å². The van der Waals surface area contributed by atoms with Crippen LogP contribution in [-0.2, 0) is 14.8 Å². The van der Waals surface area contributed by atoms with Crippen LogP contribution in [-0.4, -0.2) is 49.2 Å². The largest absolute Gasteiger partial charge is 0.340 e. The Balaban J connectivity index is 1.34. The van der Waals surface area contributed by atoms with Crippen molar-refractivity contribution >= 4 is 43.3 Å². The third kappa shape index (κ3) is 3.72. The molecular formula is C22H22N4O3S2. The molecule has 1 aromatic heterocycles. The molecule has 2 aliphatic rings. The minimum atomic E-state index is -3.62. The first-order chi connectivity index (χ1) is 14.9. The lowest BCUT2D eigenvalue weighted by atomic mass is 9.98. The van der Waals surface area contributed by atoms with Gasteiger partial charge in [0.1, 0.15) is 11.9 Å². The SMILES string of the molecule is C[C@H](N=C1NS(=O)(=O)c2ccccc21)C(=O)N1CCC[C@@H](c2nc3ccccc3s2)C1. The van der Waals surface area contributed by atoms with Gasteiger partial charge in [-0.2, -0.15) is 0 Å². The average Bonchev–Trinajstić information content (AvgIpc) is 3.32. The van der Waals surface area contributed by atoms with Crippen LogP contribution in [0.3, 0.4) is 0 Å². The van der Waals surface area contributed by atoms with Gasteiger partial charge in [0.2, 0.25) is 5.91 Å². The van der Waals surface area contributed by atoms with Crippen molar-refractivity contribution in [3.8, 4) is 0 Å². The van der Waals surface area contributed by atoms with Gasteiger partial charge >= 0.3 is 0 Å². The van der Waals surface area contributed by atoms with Crippen LogP contribution in [0.1, 0.15) is 36.3 Å². The minimum Gasteiger partial charge on any atom is -0.340 e. The number of aliphatic imine (C=N–C) groups is 1. The van der Waals surface area contributed by atoms with Crippen LogP contribution in [0, 0.1) is 0 Å². The standard InChI is InChI=1S/C22H22N4O3S2/c1-14(23-20-16-8-2-5-11-19(16)31(28,29)25-20)22(27)26-12-6-7-15(13-26)21-24-17-9-3-4-10-18(17)30-21/h2-5,8-11,14-15H,6-7,12-13H2,1H3,(H,23,25)/t14-,15+/m0/s1. The number of piperidine rings is 1. The summed E-state index contributed by atoms with van der Waals surface area (Å²) in [5.74, 6) is 0.346. The number of aromatic nitrogens is 1. The molecule has 1 fully saturated rings. The molecule has 1 saturated heterocycles. The van der Waals surface area contributed by atoms with E-state index in [0.29, 0.717) is 18.7 Å². The molecule has 2 aromatic carbocycles. The Morgan fingerprint density at radius 2 is 2.00 bits per heavy atom. The lowest BCUT2D eigenvalue weighted by molar-refractivity contribution is -0.133. The first-order valence-corrected chi connectivity index (χ1v) is 12.6. The molecule has 3 aromatic rings. The third-order valence-corrected chi connectivity index (χ3v) is 8.33. The van der Waals surface area contributed by atoms with Crippen LogP contribution in [0.2, 0.25) is 0 Å². The highest BCUT2D eigenvalue weighted by molar-refractivity contribution is 7.90. The Bertz CT molecular complexity index is 1270. The van der Waals surface area contributed by atoms with Crippen molar-refractivity contribution in [1.82, 2.24) is 14.6 Å². The summed E-state index contributed by atoms with van der Waals surface area (Å²) in [5, 5.41) is 1.06. The second-order valence-electron chi connectivity index (χ2n) is 7.90. The fourth-order valence-corrected chi connectivity index (χ4v) is 6.52. The van der Waals surface area contributed by atoms with Crippen molar-refractivity contribution in [1.29, 1.82) is 0 Å². The van der Waals surface area contributed by atoms with E-state index in [1.165, 1.54) is 0 Å². The van der Waals surface area contributed by atoms with Gasteiger partial charge in [-0.1, -0.05) is 24.3 Å². The van der Waals surface area contributed by atoms with E-state index < -0.39 is 16.1 Å². The number of carbonyl (C=O) groups excluding carboxylic acids is 1. The Hall–Kier alpha value is -2.78. The van der Waals surface area contributed by atoms with E-state index in [-0.39, 0.29) is 22.6 Å². The number of amides is 1. The number of likely N-dealkylation sites (tertiary alicyclic amines) is 1. The van der Waals surface area contributed by atoms with Crippen LogP contribution in [0.4, 0.5) is 0 Å². The lowest BCUT2D eigenvalue weighted by Crippen LogP contribution is -2.43. The number of nitrogens with one attached hydrogen (secondary N) is 1. The molecule has 3 heterocycles. The van der Waals surface area contributed by atoms with E-state index in [0.717, 1.165) is 28.1 Å². The van der Waals surface area contributed by atoms with Gasteiger partial charge in [0.25, 0.3) is 10.0 Å². The second kappa shape index (κ2) is 7.72. The van der Waals surface area contributed by atoms with Crippen LogP contribution in [0.5, 0.6) is 0 Å². The van der Waals surface area contributed by atoms with Gasteiger partial charge in [-0.05, 0) is 44.0 Å². The molecule has 0 saturated carbocycles. The van der Waals surface area contributed by atoms with Crippen molar-refractivity contribution in [2.75, 3.05) is 13.1 Å². The summed E-state index contributed by atoms with van der Waals surface area (Å²) in [6.07, 6.45) is 1.91. The average molecular weight is 455 g/mol. The number of hydrogen-bond donors (Lipinski definition) is 1. The van der Waals surface area contributed by atoms with Crippen LogP contribution in [0.15, 0.2) is 58.4 Å². The van der Waals surface area contributed by atoms with Crippen molar-refractivity contribution < 1.29 is 13.2 Å². The zero-order valence-electron chi connectivity index (χ0n) is 17.0. The van der Waals surface area contributed by atoms with Gasteiger partial charge in [0.15, 0.2) is 0 Å². The van der Waals surface area contributed by atoms with E-state index >= 15 is 0 Å². The molecule has 2 aliphatic heterocycles. The number of nitrogens with zero attached hydrogens (tertiary/aromatic N) is 3. The van der Waals surface area contributed by atoms with Gasteiger partial charge in [-0.25, -0.2) is 13.4 Å². The fraction of sp³-hybridized carbons (Fsp3) is 0.318. The van der Waals surface area contributed by atoms with E-state index in [4.69, 9.17) is 4.98 Å². The van der Waals surface area contributed by atoms with Gasteiger partial charge < -0.3 is 4.90 Å². The van der Waals surface area contributed by atoms with Gasteiger partial charge in [0, 0.05) is 24.6 Å². The molecule has 0 unspecified atom stereocenters. The summed E-state index contributed by atoms with van der Waals surface area (Å²) in [6.45, 7) is 3.00. The molecular weight excluding hydrogens is 432 g/mol. The molecule has 5 rings (SSSR count). The summed E-state index contributed by atoms with van der Waals surface area (Å²) in [6, 6.07) is 14.1. The van der Waals surface area contributed by atoms with Crippen LogP contribution < -0.4 is 4.72 Å². The lowest BCUT2D eigenvalue weighted by Gasteiger charge is -2.32. The summed E-state index contributed by atoms with van der Waals surface area (Å²) >= 11 is 1.69. The molecule has 0 spiro atoms. The highest BCUT2D eigenvalue weighted by atomic mass is 32.2. The number of amidine groups is 1. The number of carbonyl (C=O) groups is 1. The van der Waals surface area contributed by atoms with Crippen LogP contribution in [0.25, 0.3) is 10.2 Å². The Labute approximate surface area is 184 Å². The Morgan fingerprint density at radius 3 is 2.84 bits per heavy atom. The van der Waals surface area contributed by atoms with E-state index in [1.54, 1.807) is 42.5 Å². The molecule has 31 heavy (non-hydrogen) atoms. The minimum absolute atomic E-state index is 0.0955. The van der Waals surface area contributed by atoms with E-state index in [9.17, 15) is 13.2 Å². The van der Waals surface area contributed by atoms with Crippen molar-refractivity contribution in [3.05, 3.63) is 59.1 Å². The number of sulfonamides is 1. The Morgan fingerprint density at radius 1 is 1.23 bits per heavy atom. The molecule has 0 bridgehead atoms. The predicted octanol–water partition coefficient (Wildman–Crippen LogP) is 3.13. The summed E-state index contributed by atoms with van der Waals surface area (Å²) in [7, 11) is -3.62. The summed E-state index contributed by atoms with van der Waals surface area (Å²) < 4.78 is 28.2. The topological polar surface area (TPSA) is 91.7 Å². The second-order valence-corrected chi connectivity index (χ2v) is 10.6. The monoisotopic (exact) mass is 454 g/mol. The highest BCUT2D eigenvalue weighted by Gasteiger charge is 2.33. The van der Waals surface area contributed by atoms with E-state index in [1.807, 2.05) is 23.1 Å². The third-order valence-electron chi connectivity index (χ3n) is 5.74. The predicted molar refractivity (Wildman–Crippen MR) is 121 cm³/mol. The van der Waals surface area contributed by atoms with Crippen molar-refractivity contribution in [2.45, 2.75) is 36.6 Å². The molecule has 1 N–H and O–H groups in total. The molecule has 160 valence electrons. The first kappa shape index (κ1) is 20.1.